The van der Waals surface area contributed by atoms with Crippen LogP contribution in [0.2, 0.25) is 0 Å². The number of aryl methyl sites for hydroxylation is 3. The van der Waals surface area contributed by atoms with Crippen LogP contribution in [0.15, 0.2) is 54.6 Å². The summed E-state index contributed by atoms with van der Waals surface area (Å²) in [5.74, 6) is 1.00. The number of piperazine rings is 1. The van der Waals surface area contributed by atoms with Crippen LogP contribution in [0.4, 0.5) is 0 Å². The Morgan fingerprint density at radius 2 is 1.66 bits per heavy atom. The Labute approximate surface area is 191 Å². The largest absolute Gasteiger partial charge is 0.323 e. The van der Waals surface area contributed by atoms with E-state index in [-0.39, 0.29) is 6.04 Å². The summed E-state index contributed by atoms with van der Waals surface area (Å²) in [4.78, 5) is 3.43. The molecule has 2 fully saturated rings. The van der Waals surface area contributed by atoms with Crippen molar-refractivity contribution in [2.45, 2.75) is 57.7 Å². The fourth-order valence-electron chi connectivity index (χ4n) is 5.71. The van der Waals surface area contributed by atoms with Crippen LogP contribution in [0.1, 0.15) is 54.2 Å². The monoisotopic (exact) mass is 432 g/mol. The van der Waals surface area contributed by atoms with Crippen LogP contribution in [-0.4, -0.2) is 52.4 Å². The van der Waals surface area contributed by atoms with Gasteiger partial charge in [0.05, 0.1) is 6.04 Å². The van der Waals surface area contributed by atoms with Gasteiger partial charge < -0.3 is 9.80 Å². The number of nitrogens with zero attached hydrogens (tertiary/aromatic N) is 4. The van der Waals surface area contributed by atoms with Crippen molar-refractivity contribution >= 4 is 0 Å². The molecule has 0 bridgehead atoms. The number of hydrogen-bond acceptors (Lipinski definition) is 3. The molecular weight excluding hydrogens is 396 g/mol. The molecule has 6 nitrogen and oxygen atoms in total. The molecule has 2 aromatic carbocycles. The van der Waals surface area contributed by atoms with Crippen molar-refractivity contribution in [3.8, 4) is 0 Å². The Hall–Kier alpha value is -2.57. The predicted octanol–water partition coefficient (Wildman–Crippen LogP) is 1.04. The minimum atomic E-state index is 0.187. The van der Waals surface area contributed by atoms with Gasteiger partial charge in [-0.05, 0) is 55.0 Å². The highest BCUT2D eigenvalue weighted by Crippen LogP contribution is 2.19. The van der Waals surface area contributed by atoms with E-state index in [1.807, 2.05) is 9.58 Å². The molecule has 1 atom stereocenters. The zero-order valence-electron chi connectivity index (χ0n) is 19.2. The predicted molar refractivity (Wildman–Crippen MR) is 125 cm³/mol. The molecule has 32 heavy (non-hydrogen) atoms. The SMILES string of the molecule is Cc1ccc([C@@H](c2nnnn2CCc2ccccc2)[NH+]2CC[NH+](C3CCCC3)CC2)cc1. The summed E-state index contributed by atoms with van der Waals surface area (Å²) in [5, 5.41) is 13.1. The van der Waals surface area contributed by atoms with E-state index in [9.17, 15) is 0 Å². The van der Waals surface area contributed by atoms with Crippen LogP contribution in [-0.2, 0) is 13.0 Å². The second-order valence-corrected chi connectivity index (χ2v) is 9.64. The lowest BCUT2D eigenvalue weighted by Crippen LogP contribution is -3.29. The fraction of sp³-hybridized carbons (Fsp3) is 0.500. The van der Waals surface area contributed by atoms with Crippen molar-refractivity contribution in [3.05, 3.63) is 77.1 Å². The molecule has 1 saturated carbocycles. The van der Waals surface area contributed by atoms with Crippen molar-refractivity contribution in [2.75, 3.05) is 26.2 Å². The lowest BCUT2D eigenvalue weighted by Gasteiger charge is -2.36. The van der Waals surface area contributed by atoms with E-state index in [1.165, 1.54) is 68.6 Å². The third-order valence-electron chi connectivity index (χ3n) is 7.56. The lowest BCUT2D eigenvalue weighted by molar-refractivity contribution is -1.03. The fourth-order valence-corrected chi connectivity index (χ4v) is 5.71. The molecule has 3 aromatic rings. The first-order chi connectivity index (χ1) is 15.8. The minimum absolute atomic E-state index is 0.187. The maximum absolute atomic E-state index is 4.57. The Kier molecular flexibility index (Phi) is 6.60. The summed E-state index contributed by atoms with van der Waals surface area (Å²) in [6, 6.07) is 20.7. The van der Waals surface area contributed by atoms with Gasteiger partial charge in [0.25, 0.3) is 0 Å². The number of nitrogens with one attached hydrogen (secondary N) is 2. The highest BCUT2D eigenvalue weighted by atomic mass is 15.6. The second-order valence-electron chi connectivity index (χ2n) is 9.64. The number of rotatable bonds is 7. The van der Waals surface area contributed by atoms with E-state index in [0.29, 0.717) is 0 Å². The van der Waals surface area contributed by atoms with Crippen molar-refractivity contribution in [3.63, 3.8) is 0 Å². The molecule has 0 spiro atoms. The molecule has 0 amide bonds. The summed E-state index contributed by atoms with van der Waals surface area (Å²) in [6.45, 7) is 7.83. The first kappa shape index (κ1) is 21.3. The smallest absolute Gasteiger partial charge is 0.214 e. The zero-order valence-corrected chi connectivity index (χ0v) is 19.2. The van der Waals surface area contributed by atoms with Crippen molar-refractivity contribution in [2.24, 2.45) is 0 Å². The summed E-state index contributed by atoms with van der Waals surface area (Å²) in [5.41, 5.74) is 3.94. The van der Waals surface area contributed by atoms with Gasteiger partial charge in [-0.25, -0.2) is 4.68 Å². The Morgan fingerprint density at radius 1 is 0.938 bits per heavy atom. The molecule has 1 saturated heterocycles. The number of benzene rings is 2. The Balaban J connectivity index is 1.36. The van der Waals surface area contributed by atoms with Gasteiger partial charge in [0.1, 0.15) is 26.2 Å². The van der Waals surface area contributed by atoms with E-state index >= 15 is 0 Å². The van der Waals surface area contributed by atoms with Crippen LogP contribution in [0, 0.1) is 6.92 Å². The highest BCUT2D eigenvalue weighted by molar-refractivity contribution is 5.26. The maximum Gasteiger partial charge on any atom is 0.214 e. The van der Waals surface area contributed by atoms with Gasteiger partial charge in [0, 0.05) is 12.1 Å². The van der Waals surface area contributed by atoms with Gasteiger partial charge in [0.15, 0.2) is 6.04 Å². The van der Waals surface area contributed by atoms with Crippen LogP contribution in [0.25, 0.3) is 0 Å². The topological polar surface area (TPSA) is 52.5 Å². The molecular formula is C26H36N6+2. The number of aromatic nitrogens is 4. The van der Waals surface area contributed by atoms with Gasteiger partial charge in [0.2, 0.25) is 5.82 Å². The van der Waals surface area contributed by atoms with Crippen molar-refractivity contribution in [1.29, 1.82) is 0 Å². The minimum Gasteiger partial charge on any atom is -0.323 e. The van der Waals surface area contributed by atoms with Gasteiger partial charge >= 0.3 is 0 Å². The number of quaternary nitrogens is 2. The average molecular weight is 433 g/mol. The summed E-state index contributed by atoms with van der Waals surface area (Å²) in [7, 11) is 0. The van der Waals surface area contributed by atoms with E-state index in [2.05, 4.69) is 77.0 Å². The molecule has 0 radical (unpaired) electrons. The standard InChI is InChI=1S/C26H34N6/c1-21-11-13-23(14-12-21)25(31-19-17-30(18-20-31)24-9-5-6-10-24)26-27-28-29-32(26)16-15-22-7-3-2-4-8-22/h2-4,7-8,11-14,24-25H,5-6,9-10,15-20H2,1H3/p+2/t25-/m0/s1. The van der Waals surface area contributed by atoms with Gasteiger partial charge in [-0.2, -0.15) is 0 Å². The molecule has 2 N–H and O–H groups in total. The molecule has 5 rings (SSSR count). The van der Waals surface area contributed by atoms with E-state index < -0.39 is 0 Å². The number of tetrazole rings is 1. The maximum atomic E-state index is 4.57. The second kappa shape index (κ2) is 9.92. The van der Waals surface area contributed by atoms with Crippen molar-refractivity contribution in [1.82, 2.24) is 20.2 Å². The first-order valence-electron chi connectivity index (χ1n) is 12.3. The molecule has 2 aliphatic rings. The third-order valence-corrected chi connectivity index (χ3v) is 7.56. The Bertz CT molecular complexity index is 969. The molecule has 0 unspecified atom stereocenters. The van der Waals surface area contributed by atoms with E-state index in [4.69, 9.17) is 0 Å². The van der Waals surface area contributed by atoms with Crippen molar-refractivity contribution < 1.29 is 9.80 Å². The quantitative estimate of drug-likeness (QED) is 0.587. The molecule has 2 heterocycles. The summed E-state index contributed by atoms with van der Waals surface area (Å²) in [6.07, 6.45) is 6.63. The van der Waals surface area contributed by atoms with Crippen LogP contribution >= 0.6 is 0 Å². The number of hydrogen-bond donors (Lipinski definition) is 2. The van der Waals surface area contributed by atoms with Gasteiger partial charge in [-0.3, -0.25) is 0 Å². The zero-order chi connectivity index (χ0) is 21.8. The molecule has 6 heteroatoms. The van der Waals surface area contributed by atoms with E-state index in [1.54, 1.807) is 4.90 Å². The van der Waals surface area contributed by atoms with Crippen LogP contribution < -0.4 is 9.80 Å². The normalized spacial score (nSPS) is 22.8. The lowest BCUT2D eigenvalue weighted by atomic mass is 10.0. The summed E-state index contributed by atoms with van der Waals surface area (Å²) < 4.78 is 2.04. The Morgan fingerprint density at radius 3 is 2.38 bits per heavy atom. The van der Waals surface area contributed by atoms with Crippen LogP contribution in [0.5, 0.6) is 0 Å². The van der Waals surface area contributed by atoms with Gasteiger partial charge in [-0.15, -0.1) is 5.10 Å². The summed E-state index contributed by atoms with van der Waals surface area (Å²) >= 11 is 0. The van der Waals surface area contributed by atoms with Gasteiger partial charge in [-0.1, -0.05) is 60.2 Å². The first-order valence-corrected chi connectivity index (χ1v) is 12.3. The molecule has 1 aliphatic heterocycles. The average Bonchev–Trinajstić information content (AvgIpc) is 3.53. The van der Waals surface area contributed by atoms with E-state index in [0.717, 1.165) is 24.8 Å². The molecule has 168 valence electrons. The third kappa shape index (κ3) is 4.76. The molecule has 1 aromatic heterocycles. The van der Waals surface area contributed by atoms with Crippen LogP contribution in [0.3, 0.4) is 0 Å². The highest BCUT2D eigenvalue weighted by Gasteiger charge is 2.37. The molecule has 1 aliphatic carbocycles.